The Kier molecular flexibility index (Phi) is 5.50. The summed E-state index contributed by atoms with van der Waals surface area (Å²) in [5.41, 5.74) is 5.22. The van der Waals surface area contributed by atoms with Crippen LogP contribution in [0.15, 0.2) is 17.2 Å². The molecular formula is C13H24N4O2. The van der Waals surface area contributed by atoms with Gasteiger partial charge in [-0.1, -0.05) is 0 Å². The normalized spacial score (nSPS) is 11.6. The highest BCUT2D eigenvalue weighted by Crippen LogP contribution is 2.12. The maximum Gasteiger partial charge on any atom is 0.293 e. The fraction of sp³-hybridized carbons (Fsp3) is 0.692. The highest BCUT2D eigenvalue weighted by Gasteiger charge is 2.19. The van der Waals surface area contributed by atoms with Gasteiger partial charge in [-0.3, -0.25) is 4.79 Å². The van der Waals surface area contributed by atoms with E-state index >= 15 is 0 Å². The summed E-state index contributed by atoms with van der Waals surface area (Å²) in [5, 5.41) is 0. The average molecular weight is 268 g/mol. The van der Waals surface area contributed by atoms with Crippen LogP contribution in [0.25, 0.3) is 0 Å². The molecule has 6 nitrogen and oxygen atoms in total. The molecule has 108 valence electrons. The first kappa shape index (κ1) is 15.7. The highest BCUT2D eigenvalue weighted by molar-refractivity contribution is 5.35. The van der Waals surface area contributed by atoms with E-state index in [4.69, 9.17) is 10.5 Å². The topological polar surface area (TPSA) is 73.4 Å². The molecule has 1 heterocycles. The number of methoxy groups -OCH3 is 1. The second kappa shape index (κ2) is 6.68. The first-order valence-corrected chi connectivity index (χ1v) is 6.44. The molecule has 1 aromatic rings. The molecule has 0 aliphatic heterocycles. The predicted octanol–water partition coefficient (Wildman–Crippen LogP) is 0.410. The second-order valence-corrected chi connectivity index (χ2v) is 5.37. The summed E-state index contributed by atoms with van der Waals surface area (Å²) in [6.07, 6.45) is 3.36. The van der Waals surface area contributed by atoms with Crippen molar-refractivity contribution in [3.05, 3.63) is 22.7 Å². The predicted molar refractivity (Wildman–Crippen MR) is 76.6 cm³/mol. The Bertz CT molecular complexity index is 451. The number of nitrogens with zero attached hydrogens (tertiary/aromatic N) is 3. The maximum atomic E-state index is 12.5. The van der Waals surface area contributed by atoms with Crippen molar-refractivity contribution >= 4 is 5.82 Å². The van der Waals surface area contributed by atoms with E-state index in [1.54, 1.807) is 24.1 Å². The van der Waals surface area contributed by atoms with Crippen molar-refractivity contribution in [3.63, 3.8) is 0 Å². The largest absolute Gasteiger partial charge is 0.383 e. The van der Waals surface area contributed by atoms with E-state index in [1.165, 1.54) is 0 Å². The first-order chi connectivity index (χ1) is 8.91. The van der Waals surface area contributed by atoms with Gasteiger partial charge in [-0.2, -0.15) is 0 Å². The zero-order valence-corrected chi connectivity index (χ0v) is 12.2. The van der Waals surface area contributed by atoms with Crippen LogP contribution >= 0.6 is 0 Å². The van der Waals surface area contributed by atoms with Crippen molar-refractivity contribution in [1.29, 1.82) is 0 Å². The van der Waals surface area contributed by atoms with Gasteiger partial charge in [-0.25, -0.2) is 4.98 Å². The van der Waals surface area contributed by atoms with Gasteiger partial charge in [0.05, 0.1) is 6.61 Å². The Morgan fingerprint density at radius 1 is 1.42 bits per heavy atom. The van der Waals surface area contributed by atoms with Crippen LogP contribution in [-0.2, 0) is 10.3 Å². The van der Waals surface area contributed by atoms with E-state index in [0.717, 1.165) is 0 Å². The average Bonchev–Trinajstić information content (AvgIpc) is 2.33. The summed E-state index contributed by atoms with van der Waals surface area (Å²) >= 11 is 0. The van der Waals surface area contributed by atoms with Gasteiger partial charge in [0, 0.05) is 44.7 Å². The van der Waals surface area contributed by atoms with Gasteiger partial charge < -0.3 is 19.9 Å². The zero-order chi connectivity index (χ0) is 14.5. The molecule has 0 aliphatic rings. The molecule has 0 atom stereocenters. The summed E-state index contributed by atoms with van der Waals surface area (Å²) < 4.78 is 6.74. The third kappa shape index (κ3) is 4.04. The Morgan fingerprint density at radius 3 is 2.63 bits per heavy atom. The van der Waals surface area contributed by atoms with E-state index in [1.807, 2.05) is 25.7 Å². The Labute approximate surface area is 114 Å². The van der Waals surface area contributed by atoms with Gasteiger partial charge in [0.1, 0.15) is 0 Å². The van der Waals surface area contributed by atoms with Gasteiger partial charge in [0.2, 0.25) is 0 Å². The summed E-state index contributed by atoms with van der Waals surface area (Å²) in [6, 6.07) is 0. The Balaban J connectivity index is 3.13. The molecule has 1 rings (SSSR count). The number of hydrogen-bond donors (Lipinski definition) is 1. The van der Waals surface area contributed by atoms with E-state index < -0.39 is 0 Å². The van der Waals surface area contributed by atoms with Crippen LogP contribution in [0.4, 0.5) is 5.82 Å². The molecule has 0 fully saturated rings. The van der Waals surface area contributed by atoms with Crippen LogP contribution in [-0.4, -0.2) is 42.9 Å². The van der Waals surface area contributed by atoms with Crippen LogP contribution in [0, 0.1) is 0 Å². The monoisotopic (exact) mass is 268 g/mol. The molecular weight excluding hydrogens is 244 g/mol. The van der Waals surface area contributed by atoms with Crippen molar-refractivity contribution in [3.8, 4) is 0 Å². The number of rotatable bonds is 6. The fourth-order valence-corrected chi connectivity index (χ4v) is 1.83. The quantitative estimate of drug-likeness (QED) is 0.809. The van der Waals surface area contributed by atoms with Crippen LogP contribution < -0.4 is 16.2 Å². The minimum Gasteiger partial charge on any atom is -0.383 e. The SMILES string of the molecule is COCCN(CCN)c1nccn(C(C)(C)C)c1=O. The molecule has 0 unspecified atom stereocenters. The van der Waals surface area contributed by atoms with Crippen LogP contribution in [0.5, 0.6) is 0 Å². The van der Waals surface area contributed by atoms with Gasteiger partial charge in [0.25, 0.3) is 5.56 Å². The van der Waals surface area contributed by atoms with Gasteiger partial charge >= 0.3 is 0 Å². The lowest BCUT2D eigenvalue weighted by Crippen LogP contribution is -2.41. The van der Waals surface area contributed by atoms with Crippen molar-refractivity contribution in [2.24, 2.45) is 5.73 Å². The van der Waals surface area contributed by atoms with E-state index in [0.29, 0.717) is 32.1 Å². The van der Waals surface area contributed by atoms with Crippen LogP contribution in [0.1, 0.15) is 20.8 Å². The van der Waals surface area contributed by atoms with Crippen molar-refractivity contribution < 1.29 is 4.74 Å². The summed E-state index contributed by atoms with van der Waals surface area (Å²) in [7, 11) is 1.63. The molecule has 0 spiro atoms. The molecule has 0 saturated carbocycles. The molecule has 0 bridgehead atoms. The summed E-state index contributed by atoms with van der Waals surface area (Å²) in [6.45, 7) is 8.15. The van der Waals surface area contributed by atoms with Gasteiger partial charge in [0.15, 0.2) is 5.82 Å². The van der Waals surface area contributed by atoms with Crippen LogP contribution in [0.2, 0.25) is 0 Å². The highest BCUT2D eigenvalue weighted by atomic mass is 16.5. The van der Waals surface area contributed by atoms with Gasteiger partial charge in [-0.05, 0) is 20.8 Å². The molecule has 19 heavy (non-hydrogen) atoms. The molecule has 2 N–H and O–H groups in total. The second-order valence-electron chi connectivity index (χ2n) is 5.37. The Hall–Kier alpha value is -1.40. The number of nitrogens with two attached hydrogens (primary N) is 1. The number of anilines is 1. The first-order valence-electron chi connectivity index (χ1n) is 6.44. The number of aromatic nitrogens is 2. The minimum atomic E-state index is -0.273. The minimum absolute atomic E-state index is 0.0976. The van der Waals surface area contributed by atoms with E-state index in [2.05, 4.69) is 4.98 Å². The van der Waals surface area contributed by atoms with Crippen LogP contribution in [0.3, 0.4) is 0 Å². The molecule has 1 aromatic heterocycles. The third-order valence-corrected chi connectivity index (χ3v) is 2.81. The lowest BCUT2D eigenvalue weighted by Gasteiger charge is -2.26. The van der Waals surface area contributed by atoms with E-state index in [9.17, 15) is 4.79 Å². The number of hydrogen-bond acceptors (Lipinski definition) is 5. The molecule has 6 heteroatoms. The molecule has 0 radical (unpaired) electrons. The molecule has 0 saturated heterocycles. The lowest BCUT2D eigenvalue weighted by atomic mass is 10.1. The third-order valence-electron chi connectivity index (χ3n) is 2.81. The zero-order valence-electron chi connectivity index (χ0n) is 12.2. The lowest BCUT2D eigenvalue weighted by molar-refractivity contribution is 0.205. The molecule has 0 amide bonds. The number of ether oxygens (including phenoxy) is 1. The molecule has 0 aromatic carbocycles. The summed E-state index contributed by atoms with van der Waals surface area (Å²) in [4.78, 5) is 18.5. The smallest absolute Gasteiger partial charge is 0.293 e. The maximum absolute atomic E-state index is 12.5. The Morgan fingerprint density at radius 2 is 2.11 bits per heavy atom. The fourth-order valence-electron chi connectivity index (χ4n) is 1.83. The van der Waals surface area contributed by atoms with E-state index in [-0.39, 0.29) is 11.1 Å². The van der Waals surface area contributed by atoms with Crippen molar-refractivity contribution in [1.82, 2.24) is 9.55 Å². The van der Waals surface area contributed by atoms with Crippen molar-refractivity contribution in [2.75, 3.05) is 38.3 Å². The molecule has 0 aliphatic carbocycles. The van der Waals surface area contributed by atoms with Crippen molar-refractivity contribution in [2.45, 2.75) is 26.3 Å². The van der Waals surface area contributed by atoms with Gasteiger partial charge in [-0.15, -0.1) is 0 Å². The standard InChI is InChI=1S/C13H24N4O2/c1-13(2,3)17-8-6-15-11(12(17)18)16(7-5-14)9-10-19-4/h6,8H,5,7,9-10,14H2,1-4H3. The summed E-state index contributed by atoms with van der Waals surface area (Å²) in [5.74, 6) is 0.430.